The van der Waals surface area contributed by atoms with E-state index in [-0.39, 0.29) is 0 Å². The van der Waals surface area contributed by atoms with E-state index in [0.29, 0.717) is 12.1 Å². The number of piperazine rings is 1. The van der Waals surface area contributed by atoms with Gasteiger partial charge in [-0.3, -0.25) is 0 Å². The van der Waals surface area contributed by atoms with Gasteiger partial charge in [0.05, 0.1) is 0 Å². The molecule has 1 aromatic rings. The van der Waals surface area contributed by atoms with Crippen LogP contribution in [-0.2, 0) is 0 Å². The van der Waals surface area contributed by atoms with Gasteiger partial charge < -0.3 is 10.2 Å². The highest BCUT2D eigenvalue weighted by Crippen LogP contribution is 2.24. The first kappa shape index (κ1) is 15.1. The van der Waals surface area contributed by atoms with Crippen molar-refractivity contribution in [2.24, 2.45) is 5.92 Å². The summed E-state index contributed by atoms with van der Waals surface area (Å²) in [7, 11) is 0. The summed E-state index contributed by atoms with van der Waals surface area (Å²) >= 11 is 2.40. The number of hydrogen-bond donors (Lipinski definition) is 1. The summed E-state index contributed by atoms with van der Waals surface area (Å²) in [6.07, 6.45) is 2.46. The molecule has 2 nitrogen and oxygen atoms in total. The van der Waals surface area contributed by atoms with Crippen LogP contribution in [0.1, 0.15) is 33.6 Å². The quantitative estimate of drug-likeness (QED) is 0.807. The van der Waals surface area contributed by atoms with Gasteiger partial charge in [0, 0.05) is 34.4 Å². The highest BCUT2D eigenvalue weighted by atomic mass is 127. The van der Waals surface area contributed by atoms with Crippen molar-refractivity contribution < 1.29 is 0 Å². The summed E-state index contributed by atoms with van der Waals surface area (Å²) in [6.45, 7) is 9.15. The van der Waals surface area contributed by atoms with Gasteiger partial charge in [-0.15, -0.1) is 0 Å². The minimum atomic E-state index is 0.626. The van der Waals surface area contributed by atoms with Crippen LogP contribution in [0.4, 0.5) is 5.69 Å². The second-order valence-corrected chi connectivity index (χ2v) is 7.17. The Morgan fingerprint density at radius 2 is 2.21 bits per heavy atom. The molecular weight excluding hydrogens is 347 g/mol. The molecule has 1 aliphatic heterocycles. The lowest BCUT2D eigenvalue weighted by Gasteiger charge is -2.42. The molecule has 1 fully saturated rings. The molecule has 19 heavy (non-hydrogen) atoms. The second-order valence-electron chi connectivity index (χ2n) is 5.93. The monoisotopic (exact) mass is 372 g/mol. The standard InChI is InChI=1S/C16H25IN2/c1-4-15-10-18-14(8-12(2)3)11-19(15)16-7-5-6-13(17)9-16/h5-7,9,12,14-15,18H,4,8,10-11H2,1-3H3. The van der Waals surface area contributed by atoms with Gasteiger partial charge in [-0.05, 0) is 59.5 Å². The Morgan fingerprint density at radius 3 is 2.84 bits per heavy atom. The molecule has 1 saturated heterocycles. The molecule has 0 spiro atoms. The molecule has 1 aromatic carbocycles. The van der Waals surface area contributed by atoms with Gasteiger partial charge in [-0.1, -0.05) is 26.8 Å². The molecule has 106 valence electrons. The topological polar surface area (TPSA) is 15.3 Å². The van der Waals surface area contributed by atoms with Crippen LogP contribution in [0.3, 0.4) is 0 Å². The summed E-state index contributed by atoms with van der Waals surface area (Å²) < 4.78 is 1.32. The maximum Gasteiger partial charge on any atom is 0.0412 e. The van der Waals surface area contributed by atoms with Gasteiger partial charge in [0.2, 0.25) is 0 Å². The average Bonchev–Trinajstić information content (AvgIpc) is 2.38. The first-order valence-corrected chi connectivity index (χ1v) is 8.43. The summed E-state index contributed by atoms with van der Waals surface area (Å²) in [5.41, 5.74) is 1.38. The third kappa shape index (κ3) is 4.09. The maximum atomic E-state index is 3.72. The van der Waals surface area contributed by atoms with E-state index in [1.807, 2.05) is 0 Å². The lowest BCUT2D eigenvalue weighted by atomic mass is 9.98. The molecule has 2 atom stereocenters. The van der Waals surface area contributed by atoms with Gasteiger partial charge >= 0.3 is 0 Å². The van der Waals surface area contributed by atoms with Crippen molar-refractivity contribution in [1.82, 2.24) is 5.32 Å². The van der Waals surface area contributed by atoms with Crippen LogP contribution in [0, 0.1) is 9.49 Å². The largest absolute Gasteiger partial charge is 0.366 e. The fraction of sp³-hybridized carbons (Fsp3) is 0.625. The zero-order valence-corrected chi connectivity index (χ0v) is 14.4. The molecule has 1 heterocycles. The Labute approximate surface area is 131 Å². The lowest BCUT2D eigenvalue weighted by Crippen LogP contribution is -2.56. The van der Waals surface area contributed by atoms with E-state index in [4.69, 9.17) is 0 Å². The smallest absolute Gasteiger partial charge is 0.0412 e. The van der Waals surface area contributed by atoms with E-state index in [2.05, 4.69) is 77.8 Å². The van der Waals surface area contributed by atoms with Crippen molar-refractivity contribution >= 4 is 28.3 Å². The van der Waals surface area contributed by atoms with Crippen LogP contribution in [-0.4, -0.2) is 25.2 Å². The van der Waals surface area contributed by atoms with E-state index < -0.39 is 0 Å². The lowest BCUT2D eigenvalue weighted by molar-refractivity contribution is 0.343. The summed E-state index contributed by atoms with van der Waals surface area (Å²) in [4.78, 5) is 2.60. The van der Waals surface area contributed by atoms with Crippen LogP contribution in [0.25, 0.3) is 0 Å². The van der Waals surface area contributed by atoms with Crippen LogP contribution in [0.5, 0.6) is 0 Å². The van der Waals surface area contributed by atoms with E-state index in [9.17, 15) is 0 Å². The van der Waals surface area contributed by atoms with Gasteiger partial charge in [0.25, 0.3) is 0 Å². The Morgan fingerprint density at radius 1 is 1.42 bits per heavy atom. The van der Waals surface area contributed by atoms with Crippen molar-refractivity contribution in [2.75, 3.05) is 18.0 Å². The zero-order chi connectivity index (χ0) is 13.8. The number of halogens is 1. The summed E-state index contributed by atoms with van der Waals surface area (Å²) in [6, 6.07) is 10.1. The predicted molar refractivity (Wildman–Crippen MR) is 91.8 cm³/mol. The third-order valence-electron chi connectivity index (χ3n) is 3.87. The molecule has 0 bridgehead atoms. The fourth-order valence-electron chi connectivity index (χ4n) is 2.93. The van der Waals surface area contributed by atoms with Crippen LogP contribution in [0.15, 0.2) is 24.3 Å². The number of hydrogen-bond acceptors (Lipinski definition) is 2. The van der Waals surface area contributed by atoms with Crippen LogP contribution >= 0.6 is 22.6 Å². The first-order valence-electron chi connectivity index (χ1n) is 7.35. The Kier molecular flexibility index (Phi) is 5.51. The normalized spacial score (nSPS) is 23.9. The molecule has 3 heteroatoms. The SMILES string of the molecule is CCC1CNC(CC(C)C)CN1c1cccc(I)c1. The minimum Gasteiger partial charge on any atom is -0.366 e. The van der Waals surface area contributed by atoms with E-state index >= 15 is 0 Å². The van der Waals surface area contributed by atoms with Crippen molar-refractivity contribution in [2.45, 2.75) is 45.7 Å². The minimum absolute atomic E-state index is 0.626. The molecular formula is C16H25IN2. The van der Waals surface area contributed by atoms with Gasteiger partial charge in [0.15, 0.2) is 0 Å². The Hall–Kier alpha value is -0.290. The van der Waals surface area contributed by atoms with Gasteiger partial charge in [-0.25, -0.2) is 0 Å². The highest BCUT2D eigenvalue weighted by molar-refractivity contribution is 14.1. The molecule has 0 saturated carbocycles. The van der Waals surface area contributed by atoms with Crippen molar-refractivity contribution in [1.29, 1.82) is 0 Å². The number of nitrogens with one attached hydrogen (secondary N) is 1. The van der Waals surface area contributed by atoms with E-state index in [1.165, 1.54) is 22.1 Å². The van der Waals surface area contributed by atoms with Gasteiger partial charge in [-0.2, -0.15) is 0 Å². The molecule has 2 unspecified atom stereocenters. The van der Waals surface area contributed by atoms with E-state index in [0.717, 1.165) is 19.0 Å². The van der Waals surface area contributed by atoms with Gasteiger partial charge in [0.1, 0.15) is 0 Å². The van der Waals surface area contributed by atoms with Crippen molar-refractivity contribution in [3.63, 3.8) is 0 Å². The third-order valence-corrected chi connectivity index (χ3v) is 4.54. The van der Waals surface area contributed by atoms with Crippen molar-refractivity contribution in [3.05, 3.63) is 27.8 Å². The number of benzene rings is 1. The number of rotatable bonds is 4. The molecule has 1 aliphatic rings. The van der Waals surface area contributed by atoms with Crippen LogP contribution < -0.4 is 10.2 Å². The number of nitrogens with zero attached hydrogens (tertiary/aromatic N) is 1. The summed E-state index contributed by atoms with van der Waals surface area (Å²) in [5, 5.41) is 3.72. The molecule has 0 amide bonds. The Balaban J connectivity index is 2.13. The molecule has 0 aliphatic carbocycles. The second kappa shape index (κ2) is 6.93. The zero-order valence-electron chi connectivity index (χ0n) is 12.2. The molecule has 1 N–H and O–H groups in total. The van der Waals surface area contributed by atoms with Crippen LogP contribution in [0.2, 0.25) is 0 Å². The highest BCUT2D eigenvalue weighted by Gasteiger charge is 2.27. The first-order chi connectivity index (χ1) is 9.10. The van der Waals surface area contributed by atoms with Crippen molar-refractivity contribution in [3.8, 4) is 0 Å². The molecule has 2 rings (SSSR count). The number of anilines is 1. The molecule has 0 radical (unpaired) electrons. The molecule has 0 aromatic heterocycles. The predicted octanol–water partition coefficient (Wildman–Crippen LogP) is 3.89. The maximum absolute atomic E-state index is 3.72. The fourth-order valence-corrected chi connectivity index (χ4v) is 3.45. The van der Waals surface area contributed by atoms with E-state index in [1.54, 1.807) is 0 Å². The summed E-state index contributed by atoms with van der Waals surface area (Å²) in [5.74, 6) is 0.758. The average molecular weight is 372 g/mol. The Bertz CT molecular complexity index is 405.